The van der Waals surface area contributed by atoms with Gasteiger partial charge in [-0.25, -0.2) is 4.79 Å². The largest absolute Gasteiger partial charge is 0.480 e. The predicted molar refractivity (Wildman–Crippen MR) is 62.9 cm³/mol. The zero-order valence-electron chi connectivity index (χ0n) is 10.0. The highest BCUT2D eigenvalue weighted by Crippen LogP contribution is 1.81. The molecule has 0 aliphatic carbocycles. The van der Waals surface area contributed by atoms with Crippen LogP contribution in [0.5, 0.6) is 0 Å². The second-order valence-corrected chi connectivity index (χ2v) is 3.34. The molecule has 0 saturated carbocycles. The molecule has 0 aromatic carbocycles. The average Bonchev–Trinajstić information content (AvgIpc) is 2.39. The van der Waals surface area contributed by atoms with E-state index in [2.05, 4.69) is 17.2 Å². The number of carboxylic acids is 1. The van der Waals surface area contributed by atoms with Crippen molar-refractivity contribution < 1.29 is 29.4 Å². The van der Waals surface area contributed by atoms with Gasteiger partial charge in [0, 0.05) is 0 Å². The summed E-state index contributed by atoms with van der Waals surface area (Å²) in [5.74, 6) is -3.32. The standard InChI is InChI=1S/C10H15N3O6/c1-2-7(15)11-3-8(16)12-4-9(17)13-6(5-14)10(18)19/h2,6,14H,1,3-5H2,(H,11,15)(H,12,16)(H,13,17)(H,18,19). The predicted octanol–water partition coefficient (Wildman–Crippen LogP) is -3.03. The minimum Gasteiger partial charge on any atom is -0.480 e. The van der Waals surface area contributed by atoms with Gasteiger partial charge in [0.15, 0.2) is 0 Å². The first-order valence-electron chi connectivity index (χ1n) is 5.20. The van der Waals surface area contributed by atoms with Crippen LogP contribution in [0, 0.1) is 0 Å². The third-order valence-electron chi connectivity index (χ3n) is 1.87. The van der Waals surface area contributed by atoms with Crippen LogP contribution in [-0.4, -0.2) is 59.6 Å². The fourth-order valence-electron chi connectivity index (χ4n) is 0.912. The van der Waals surface area contributed by atoms with E-state index in [-0.39, 0.29) is 6.54 Å². The fourth-order valence-corrected chi connectivity index (χ4v) is 0.912. The smallest absolute Gasteiger partial charge is 0.328 e. The number of aliphatic hydroxyl groups excluding tert-OH is 1. The number of rotatable bonds is 8. The van der Waals surface area contributed by atoms with Crippen molar-refractivity contribution in [3.05, 3.63) is 12.7 Å². The lowest BCUT2D eigenvalue weighted by Gasteiger charge is -2.12. The van der Waals surface area contributed by atoms with Crippen molar-refractivity contribution in [3.8, 4) is 0 Å². The Balaban J connectivity index is 3.95. The van der Waals surface area contributed by atoms with Crippen molar-refractivity contribution in [1.82, 2.24) is 16.0 Å². The summed E-state index contributed by atoms with van der Waals surface area (Å²) in [7, 11) is 0. The van der Waals surface area contributed by atoms with Crippen molar-refractivity contribution in [1.29, 1.82) is 0 Å². The lowest BCUT2D eigenvalue weighted by molar-refractivity contribution is -0.142. The van der Waals surface area contributed by atoms with E-state index in [4.69, 9.17) is 10.2 Å². The van der Waals surface area contributed by atoms with Crippen molar-refractivity contribution in [3.63, 3.8) is 0 Å². The molecule has 9 heteroatoms. The minimum absolute atomic E-state index is 0.333. The van der Waals surface area contributed by atoms with Crippen LogP contribution in [-0.2, 0) is 19.2 Å². The molecule has 106 valence electrons. The van der Waals surface area contributed by atoms with E-state index >= 15 is 0 Å². The molecule has 5 N–H and O–H groups in total. The van der Waals surface area contributed by atoms with Gasteiger partial charge < -0.3 is 26.2 Å². The molecule has 0 radical (unpaired) electrons. The number of carbonyl (C=O) groups is 4. The Morgan fingerprint density at radius 3 is 2.16 bits per heavy atom. The molecule has 0 aromatic heterocycles. The van der Waals surface area contributed by atoms with Crippen LogP contribution in [0.2, 0.25) is 0 Å². The maximum absolute atomic E-state index is 11.2. The Bertz CT molecular complexity index is 381. The molecule has 0 fully saturated rings. The second kappa shape index (κ2) is 8.64. The normalized spacial score (nSPS) is 11.0. The van der Waals surface area contributed by atoms with Gasteiger partial charge in [-0.15, -0.1) is 0 Å². The molecule has 1 atom stereocenters. The Kier molecular flexibility index (Phi) is 7.54. The summed E-state index contributed by atoms with van der Waals surface area (Å²) in [6.45, 7) is 1.63. The van der Waals surface area contributed by atoms with E-state index in [9.17, 15) is 19.2 Å². The summed E-state index contributed by atoms with van der Waals surface area (Å²) >= 11 is 0. The molecule has 0 spiro atoms. The van der Waals surface area contributed by atoms with Gasteiger partial charge in [-0.3, -0.25) is 14.4 Å². The number of amides is 3. The van der Waals surface area contributed by atoms with Crippen LogP contribution in [0.4, 0.5) is 0 Å². The molecule has 3 amide bonds. The summed E-state index contributed by atoms with van der Waals surface area (Å²) in [6.07, 6.45) is 0.985. The molecule has 9 nitrogen and oxygen atoms in total. The van der Waals surface area contributed by atoms with Crippen LogP contribution < -0.4 is 16.0 Å². The number of carboxylic acid groups (broad SMARTS) is 1. The third-order valence-corrected chi connectivity index (χ3v) is 1.87. The average molecular weight is 273 g/mol. The van der Waals surface area contributed by atoms with Gasteiger partial charge in [-0.05, 0) is 6.08 Å². The molecule has 0 aliphatic rings. The van der Waals surface area contributed by atoms with Crippen molar-refractivity contribution in [2.24, 2.45) is 0 Å². The van der Waals surface area contributed by atoms with Crippen LogP contribution in [0.15, 0.2) is 12.7 Å². The summed E-state index contributed by atoms with van der Waals surface area (Å²) in [5.41, 5.74) is 0. The second-order valence-electron chi connectivity index (χ2n) is 3.34. The van der Waals surface area contributed by atoms with Gasteiger partial charge in [0.2, 0.25) is 17.7 Å². The first-order valence-corrected chi connectivity index (χ1v) is 5.20. The molecule has 19 heavy (non-hydrogen) atoms. The molecule has 0 bridgehead atoms. The Morgan fingerprint density at radius 2 is 1.68 bits per heavy atom. The van der Waals surface area contributed by atoms with Gasteiger partial charge in [0.25, 0.3) is 0 Å². The number of hydrogen-bond donors (Lipinski definition) is 5. The highest BCUT2D eigenvalue weighted by molar-refractivity contribution is 5.92. The van der Waals surface area contributed by atoms with Crippen LogP contribution >= 0.6 is 0 Å². The molecule has 0 heterocycles. The Labute approximate surface area is 108 Å². The van der Waals surface area contributed by atoms with E-state index < -0.39 is 42.9 Å². The number of aliphatic carboxylic acids is 1. The molecule has 0 rings (SSSR count). The van der Waals surface area contributed by atoms with E-state index in [1.165, 1.54) is 0 Å². The monoisotopic (exact) mass is 273 g/mol. The zero-order chi connectivity index (χ0) is 14.8. The first-order chi connectivity index (χ1) is 8.90. The molecule has 0 aliphatic heterocycles. The summed E-state index contributed by atoms with van der Waals surface area (Å²) in [5, 5.41) is 23.5. The minimum atomic E-state index is -1.43. The van der Waals surface area contributed by atoms with Crippen molar-refractivity contribution in [2.45, 2.75) is 6.04 Å². The van der Waals surface area contributed by atoms with E-state index in [1.807, 2.05) is 5.32 Å². The number of carbonyl (C=O) groups excluding carboxylic acids is 3. The third kappa shape index (κ3) is 7.49. The van der Waals surface area contributed by atoms with Gasteiger partial charge in [0.1, 0.15) is 6.04 Å². The summed E-state index contributed by atoms with van der Waals surface area (Å²) in [6, 6.07) is -1.43. The SMILES string of the molecule is C=CC(=O)NCC(=O)NCC(=O)NC(CO)C(=O)O. The molecular weight excluding hydrogens is 258 g/mol. The van der Waals surface area contributed by atoms with Crippen LogP contribution in [0.25, 0.3) is 0 Å². The highest BCUT2D eigenvalue weighted by Gasteiger charge is 2.18. The lowest BCUT2D eigenvalue weighted by atomic mass is 10.3. The van der Waals surface area contributed by atoms with Crippen LogP contribution in [0.3, 0.4) is 0 Å². The topological polar surface area (TPSA) is 145 Å². The Hall–Kier alpha value is -2.42. The first kappa shape index (κ1) is 16.6. The van der Waals surface area contributed by atoms with E-state index in [1.54, 1.807) is 0 Å². The zero-order valence-corrected chi connectivity index (χ0v) is 10.0. The quantitative estimate of drug-likeness (QED) is 0.297. The Morgan fingerprint density at radius 1 is 1.11 bits per heavy atom. The van der Waals surface area contributed by atoms with E-state index in [0.29, 0.717) is 0 Å². The van der Waals surface area contributed by atoms with Gasteiger partial charge >= 0.3 is 5.97 Å². The summed E-state index contributed by atoms with van der Waals surface area (Å²) < 4.78 is 0. The highest BCUT2D eigenvalue weighted by atomic mass is 16.4. The molecule has 1 unspecified atom stereocenters. The van der Waals surface area contributed by atoms with Crippen molar-refractivity contribution in [2.75, 3.05) is 19.7 Å². The maximum Gasteiger partial charge on any atom is 0.328 e. The van der Waals surface area contributed by atoms with Crippen LogP contribution in [0.1, 0.15) is 0 Å². The van der Waals surface area contributed by atoms with Gasteiger partial charge in [-0.2, -0.15) is 0 Å². The molecule has 0 aromatic rings. The number of aliphatic hydroxyl groups is 1. The summed E-state index contributed by atoms with van der Waals surface area (Å²) in [4.78, 5) is 43.6. The lowest BCUT2D eigenvalue weighted by Crippen LogP contribution is -2.48. The van der Waals surface area contributed by atoms with Gasteiger partial charge in [0.05, 0.1) is 19.7 Å². The van der Waals surface area contributed by atoms with E-state index in [0.717, 1.165) is 6.08 Å². The number of nitrogens with one attached hydrogen (secondary N) is 3. The van der Waals surface area contributed by atoms with Gasteiger partial charge in [-0.1, -0.05) is 6.58 Å². The molecule has 0 saturated heterocycles. The van der Waals surface area contributed by atoms with Crippen molar-refractivity contribution >= 4 is 23.7 Å². The fraction of sp³-hybridized carbons (Fsp3) is 0.400. The number of hydrogen-bond acceptors (Lipinski definition) is 5. The molecular formula is C10H15N3O6. The maximum atomic E-state index is 11.2.